The quantitative estimate of drug-likeness (QED) is 0.557. The summed E-state index contributed by atoms with van der Waals surface area (Å²) in [6, 6.07) is 5.58. The van der Waals surface area contributed by atoms with Crippen LogP contribution in [0.3, 0.4) is 0 Å². The first-order valence-corrected chi connectivity index (χ1v) is 5.09. The Balaban J connectivity index is 2.73. The van der Waals surface area contributed by atoms with Gasteiger partial charge < -0.3 is 10.2 Å². The lowest BCUT2D eigenvalue weighted by atomic mass is 10.0. The molecular formula is C10H12N2O6. The number of hydrogen-bond acceptors (Lipinski definition) is 6. The van der Waals surface area contributed by atoms with Gasteiger partial charge in [0.2, 0.25) is 13.1 Å². The second kappa shape index (κ2) is 6.03. The maximum atomic E-state index is 10.2. The predicted molar refractivity (Wildman–Crippen MR) is 60.1 cm³/mol. The Morgan fingerprint density at radius 2 is 1.17 bits per heavy atom. The highest BCUT2D eigenvalue weighted by atomic mass is 16.6. The Kier molecular flexibility index (Phi) is 4.69. The zero-order valence-corrected chi connectivity index (χ0v) is 9.30. The number of hydrogen-bond donors (Lipinski definition) is 2. The van der Waals surface area contributed by atoms with E-state index in [9.17, 15) is 30.4 Å². The minimum atomic E-state index is -1.23. The van der Waals surface area contributed by atoms with E-state index in [1.807, 2.05) is 0 Å². The van der Waals surface area contributed by atoms with Gasteiger partial charge in [0.25, 0.3) is 0 Å². The minimum Gasteiger partial charge on any atom is -0.382 e. The average molecular weight is 256 g/mol. The van der Waals surface area contributed by atoms with Crippen molar-refractivity contribution in [1.29, 1.82) is 0 Å². The van der Waals surface area contributed by atoms with Crippen LogP contribution in [0.25, 0.3) is 0 Å². The van der Waals surface area contributed by atoms with Crippen LogP contribution in [0.2, 0.25) is 0 Å². The molecule has 18 heavy (non-hydrogen) atoms. The van der Waals surface area contributed by atoms with Crippen molar-refractivity contribution >= 4 is 0 Å². The summed E-state index contributed by atoms with van der Waals surface area (Å²) in [5.41, 5.74) is 0.646. The third-order valence-corrected chi connectivity index (χ3v) is 2.35. The van der Waals surface area contributed by atoms with Crippen LogP contribution in [0, 0.1) is 20.2 Å². The smallest absolute Gasteiger partial charge is 0.233 e. The monoisotopic (exact) mass is 256 g/mol. The summed E-state index contributed by atoms with van der Waals surface area (Å²) in [5.74, 6) is 0. The third-order valence-electron chi connectivity index (χ3n) is 2.35. The summed E-state index contributed by atoms with van der Waals surface area (Å²) in [4.78, 5) is 19.1. The molecule has 0 spiro atoms. The van der Waals surface area contributed by atoms with Crippen molar-refractivity contribution in [3.63, 3.8) is 0 Å². The van der Waals surface area contributed by atoms with Gasteiger partial charge in [-0.2, -0.15) is 0 Å². The molecule has 0 radical (unpaired) electrons. The highest BCUT2D eigenvalue weighted by Crippen LogP contribution is 2.18. The van der Waals surface area contributed by atoms with Gasteiger partial charge in [-0.3, -0.25) is 20.2 Å². The molecule has 0 aromatic heterocycles. The van der Waals surface area contributed by atoms with Gasteiger partial charge >= 0.3 is 0 Å². The molecule has 1 rings (SSSR count). The van der Waals surface area contributed by atoms with Crippen molar-refractivity contribution in [2.24, 2.45) is 0 Å². The van der Waals surface area contributed by atoms with Crippen LogP contribution in [0.15, 0.2) is 24.3 Å². The average Bonchev–Trinajstić information content (AvgIpc) is 2.27. The van der Waals surface area contributed by atoms with Gasteiger partial charge in [-0.15, -0.1) is 0 Å². The Bertz CT molecular complexity index is 391. The number of aliphatic hydroxyl groups excluding tert-OH is 2. The van der Waals surface area contributed by atoms with E-state index < -0.39 is 35.1 Å². The Morgan fingerprint density at radius 1 is 0.889 bits per heavy atom. The molecule has 0 heterocycles. The molecule has 98 valence electrons. The van der Waals surface area contributed by atoms with Crippen molar-refractivity contribution in [2.75, 3.05) is 13.1 Å². The lowest BCUT2D eigenvalue weighted by Gasteiger charge is -2.09. The molecule has 0 bridgehead atoms. The highest BCUT2D eigenvalue weighted by Gasteiger charge is 2.17. The van der Waals surface area contributed by atoms with Crippen LogP contribution in [-0.2, 0) is 0 Å². The van der Waals surface area contributed by atoms with Crippen molar-refractivity contribution < 1.29 is 20.1 Å². The summed E-state index contributed by atoms with van der Waals surface area (Å²) in [6.07, 6.45) is -2.47. The highest BCUT2D eigenvalue weighted by molar-refractivity contribution is 5.25. The Labute approximate surface area is 102 Å². The van der Waals surface area contributed by atoms with Gasteiger partial charge in [-0.25, -0.2) is 0 Å². The maximum absolute atomic E-state index is 10.2. The van der Waals surface area contributed by atoms with E-state index in [1.54, 1.807) is 0 Å². The predicted octanol–water partition coefficient (Wildman–Crippen LogP) is 0.307. The largest absolute Gasteiger partial charge is 0.382 e. The number of rotatable bonds is 6. The first-order chi connectivity index (χ1) is 8.40. The summed E-state index contributed by atoms with van der Waals surface area (Å²) in [6.45, 7) is -1.23. The fourth-order valence-electron chi connectivity index (χ4n) is 1.43. The Hall–Kier alpha value is -2.06. The van der Waals surface area contributed by atoms with E-state index in [4.69, 9.17) is 0 Å². The Morgan fingerprint density at radius 3 is 1.39 bits per heavy atom. The van der Waals surface area contributed by atoms with Gasteiger partial charge in [0.1, 0.15) is 12.2 Å². The van der Waals surface area contributed by atoms with E-state index in [0.29, 0.717) is 11.1 Å². The standard InChI is InChI=1S/C10H12N2O6/c13-9(5-11(15)16)7-1-2-8(4-3-7)10(14)6-12(17)18/h1-4,9-10,13-14H,5-6H2. The summed E-state index contributed by atoms with van der Waals surface area (Å²) >= 11 is 0. The SMILES string of the molecule is O=[N+]([O-])CC(O)c1ccc(C(O)C[N+](=O)[O-])cc1. The number of benzene rings is 1. The molecule has 0 amide bonds. The van der Waals surface area contributed by atoms with E-state index in [0.717, 1.165) is 0 Å². The van der Waals surface area contributed by atoms with Crippen LogP contribution in [-0.4, -0.2) is 33.1 Å². The van der Waals surface area contributed by atoms with Gasteiger partial charge in [0.05, 0.1) is 0 Å². The van der Waals surface area contributed by atoms with Gasteiger partial charge in [0.15, 0.2) is 0 Å². The topological polar surface area (TPSA) is 127 Å². The first kappa shape index (κ1) is 14.0. The van der Waals surface area contributed by atoms with Crippen LogP contribution in [0.4, 0.5) is 0 Å². The fraction of sp³-hybridized carbons (Fsp3) is 0.400. The van der Waals surface area contributed by atoms with Crippen molar-refractivity contribution in [1.82, 2.24) is 0 Å². The molecule has 0 saturated heterocycles. The molecule has 2 unspecified atom stereocenters. The van der Waals surface area contributed by atoms with Crippen molar-refractivity contribution in [2.45, 2.75) is 12.2 Å². The molecule has 8 nitrogen and oxygen atoms in total. The number of aliphatic hydroxyl groups is 2. The molecule has 0 aliphatic heterocycles. The molecule has 1 aromatic carbocycles. The second-order valence-corrected chi connectivity index (χ2v) is 3.73. The van der Waals surface area contributed by atoms with Gasteiger partial charge in [-0.1, -0.05) is 24.3 Å². The zero-order valence-electron chi connectivity index (χ0n) is 9.30. The fourth-order valence-corrected chi connectivity index (χ4v) is 1.43. The van der Waals surface area contributed by atoms with Gasteiger partial charge in [0, 0.05) is 9.85 Å². The van der Waals surface area contributed by atoms with Crippen LogP contribution in [0.5, 0.6) is 0 Å². The van der Waals surface area contributed by atoms with Gasteiger partial charge in [-0.05, 0) is 11.1 Å². The van der Waals surface area contributed by atoms with Crippen LogP contribution < -0.4 is 0 Å². The summed E-state index contributed by atoms with van der Waals surface area (Å²) in [5, 5.41) is 39.3. The summed E-state index contributed by atoms with van der Waals surface area (Å²) in [7, 11) is 0. The molecule has 8 heteroatoms. The second-order valence-electron chi connectivity index (χ2n) is 3.73. The van der Waals surface area contributed by atoms with E-state index in [1.165, 1.54) is 24.3 Å². The van der Waals surface area contributed by atoms with E-state index in [2.05, 4.69) is 0 Å². The molecular weight excluding hydrogens is 244 g/mol. The zero-order chi connectivity index (χ0) is 13.7. The van der Waals surface area contributed by atoms with Crippen LogP contribution >= 0.6 is 0 Å². The van der Waals surface area contributed by atoms with E-state index >= 15 is 0 Å². The molecule has 0 aliphatic rings. The molecule has 1 aromatic rings. The molecule has 2 N–H and O–H groups in total. The molecule has 0 aliphatic carbocycles. The normalized spacial score (nSPS) is 13.9. The molecule has 0 saturated carbocycles. The first-order valence-electron chi connectivity index (χ1n) is 5.09. The van der Waals surface area contributed by atoms with Crippen molar-refractivity contribution in [3.8, 4) is 0 Å². The molecule has 0 fully saturated rings. The lowest BCUT2D eigenvalue weighted by molar-refractivity contribution is -0.491. The number of nitrogens with zero attached hydrogens (tertiary/aromatic N) is 2. The van der Waals surface area contributed by atoms with Crippen LogP contribution in [0.1, 0.15) is 23.3 Å². The number of nitro groups is 2. The third kappa shape index (κ3) is 4.07. The summed E-state index contributed by atoms with van der Waals surface area (Å²) < 4.78 is 0. The molecule has 2 atom stereocenters. The maximum Gasteiger partial charge on any atom is 0.233 e. The van der Waals surface area contributed by atoms with E-state index in [-0.39, 0.29) is 0 Å². The van der Waals surface area contributed by atoms with Crippen molar-refractivity contribution in [3.05, 3.63) is 55.6 Å². The minimum absolute atomic E-state index is 0.323. The lowest BCUT2D eigenvalue weighted by Crippen LogP contribution is -2.13.